The summed E-state index contributed by atoms with van der Waals surface area (Å²) in [6, 6.07) is 13.9. The summed E-state index contributed by atoms with van der Waals surface area (Å²) in [4.78, 5) is 35.9. The molecule has 3 amide bonds. The SMILES string of the molecule is O=C(CC(=O)NC1CCCCC1)N/N=C/c1ccc(OCC(=O)Nc2ccccc2Cl)cc1. The van der Waals surface area contributed by atoms with Gasteiger partial charge in [0.2, 0.25) is 11.8 Å². The van der Waals surface area contributed by atoms with E-state index >= 15 is 0 Å². The molecule has 33 heavy (non-hydrogen) atoms. The minimum atomic E-state index is -0.468. The molecule has 3 rings (SSSR count). The molecule has 0 bridgehead atoms. The van der Waals surface area contributed by atoms with Gasteiger partial charge in [0.1, 0.15) is 12.2 Å². The molecule has 1 aliphatic carbocycles. The van der Waals surface area contributed by atoms with E-state index in [1.54, 1.807) is 48.5 Å². The molecule has 2 aromatic carbocycles. The van der Waals surface area contributed by atoms with Crippen LogP contribution in [-0.2, 0) is 14.4 Å². The molecule has 9 heteroatoms. The number of para-hydroxylation sites is 1. The number of hydrogen-bond acceptors (Lipinski definition) is 5. The third kappa shape index (κ3) is 8.57. The Hall–Kier alpha value is -3.39. The predicted octanol–water partition coefficient (Wildman–Crippen LogP) is 3.65. The Morgan fingerprint density at radius 1 is 0.970 bits per heavy atom. The van der Waals surface area contributed by atoms with Gasteiger partial charge in [-0.15, -0.1) is 0 Å². The molecule has 1 saturated carbocycles. The lowest BCUT2D eigenvalue weighted by molar-refractivity contribution is -0.129. The van der Waals surface area contributed by atoms with Gasteiger partial charge in [-0.05, 0) is 54.8 Å². The van der Waals surface area contributed by atoms with Gasteiger partial charge in [-0.1, -0.05) is 43.0 Å². The normalized spacial score (nSPS) is 14.0. The van der Waals surface area contributed by atoms with Crippen molar-refractivity contribution in [3.8, 4) is 5.75 Å². The summed E-state index contributed by atoms with van der Waals surface area (Å²) in [5, 5.41) is 9.91. The zero-order chi connectivity index (χ0) is 23.5. The number of amides is 3. The van der Waals surface area contributed by atoms with Crippen LogP contribution in [0.15, 0.2) is 53.6 Å². The van der Waals surface area contributed by atoms with Crippen LogP contribution in [0.3, 0.4) is 0 Å². The number of anilines is 1. The highest BCUT2D eigenvalue weighted by atomic mass is 35.5. The highest BCUT2D eigenvalue weighted by Gasteiger charge is 2.17. The van der Waals surface area contributed by atoms with Crippen LogP contribution >= 0.6 is 11.6 Å². The van der Waals surface area contributed by atoms with Crippen LogP contribution in [0, 0.1) is 0 Å². The Kier molecular flexibility index (Phi) is 9.26. The highest BCUT2D eigenvalue weighted by molar-refractivity contribution is 6.33. The first-order valence-corrected chi connectivity index (χ1v) is 11.3. The van der Waals surface area contributed by atoms with Crippen molar-refractivity contribution in [2.24, 2.45) is 5.10 Å². The Bertz CT molecular complexity index is 988. The summed E-state index contributed by atoms with van der Waals surface area (Å²) in [7, 11) is 0. The lowest BCUT2D eigenvalue weighted by atomic mass is 9.95. The van der Waals surface area contributed by atoms with Crippen LogP contribution in [-0.4, -0.2) is 36.6 Å². The van der Waals surface area contributed by atoms with Crippen molar-refractivity contribution < 1.29 is 19.1 Å². The average Bonchev–Trinajstić information content (AvgIpc) is 2.80. The topological polar surface area (TPSA) is 109 Å². The second kappa shape index (κ2) is 12.6. The molecule has 0 spiro atoms. The number of ether oxygens (including phenoxy) is 1. The Morgan fingerprint density at radius 3 is 2.42 bits per heavy atom. The maximum Gasteiger partial charge on any atom is 0.262 e. The lowest BCUT2D eigenvalue weighted by Crippen LogP contribution is -2.38. The van der Waals surface area contributed by atoms with Crippen LogP contribution in [0.4, 0.5) is 5.69 Å². The van der Waals surface area contributed by atoms with Crippen LogP contribution in [0.5, 0.6) is 5.75 Å². The molecule has 0 saturated heterocycles. The predicted molar refractivity (Wildman–Crippen MR) is 127 cm³/mol. The molecular formula is C24H27ClN4O4. The molecule has 1 fully saturated rings. The molecule has 2 aromatic rings. The molecule has 0 unspecified atom stereocenters. The summed E-state index contributed by atoms with van der Waals surface area (Å²) in [6.07, 6.45) is 6.58. The van der Waals surface area contributed by atoms with Gasteiger partial charge in [0, 0.05) is 6.04 Å². The standard InChI is InChI=1S/C24H27ClN4O4/c25-20-8-4-5-9-21(20)28-24(32)16-33-19-12-10-17(11-13-19)15-26-29-23(31)14-22(30)27-18-6-2-1-3-7-18/h4-5,8-13,15,18H,1-3,6-7,14,16H2,(H,27,30)(H,28,32)(H,29,31)/b26-15+. The number of hydrogen-bond donors (Lipinski definition) is 3. The van der Waals surface area contributed by atoms with Gasteiger partial charge in [0.15, 0.2) is 6.61 Å². The number of nitrogens with one attached hydrogen (secondary N) is 3. The van der Waals surface area contributed by atoms with Gasteiger partial charge in [-0.2, -0.15) is 5.10 Å². The van der Waals surface area contributed by atoms with Gasteiger partial charge in [-0.25, -0.2) is 5.43 Å². The fourth-order valence-corrected chi connectivity index (χ4v) is 3.62. The minimum absolute atomic E-state index is 0.169. The Balaban J connectivity index is 1.37. The Labute approximate surface area is 197 Å². The number of benzene rings is 2. The number of carbonyl (C=O) groups excluding carboxylic acids is 3. The third-order valence-corrected chi connectivity index (χ3v) is 5.42. The van der Waals surface area contributed by atoms with E-state index in [0.29, 0.717) is 16.5 Å². The van der Waals surface area contributed by atoms with Gasteiger partial charge < -0.3 is 15.4 Å². The van der Waals surface area contributed by atoms with Gasteiger partial charge >= 0.3 is 0 Å². The zero-order valence-corrected chi connectivity index (χ0v) is 18.9. The summed E-state index contributed by atoms with van der Waals surface area (Å²) in [6.45, 7) is -0.169. The van der Waals surface area contributed by atoms with Crippen molar-refractivity contribution in [2.75, 3.05) is 11.9 Å². The third-order valence-electron chi connectivity index (χ3n) is 5.09. The van der Waals surface area contributed by atoms with Crippen LogP contribution in [0.25, 0.3) is 0 Å². The number of nitrogens with zero attached hydrogens (tertiary/aromatic N) is 1. The van der Waals surface area contributed by atoms with E-state index in [1.165, 1.54) is 12.6 Å². The van der Waals surface area contributed by atoms with Crippen LogP contribution < -0.4 is 20.8 Å². The van der Waals surface area contributed by atoms with Crippen LogP contribution in [0.1, 0.15) is 44.1 Å². The fourth-order valence-electron chi connectivity index (χ4n) is 3.44. The van der Waals surface area contributed by atoms with Crippen molar-refractivity contribution in [3.05, 3.63) is 59.1 Å². The molecule has 0 radical (unpaired) electrons. The second-order valence-corrected chi connectivity index (χ2v) is 8.17. The monoisotopic (exact) mass is 470 g/mol. The quantitative estimate of drug-likeness (QED) is 0.295. The van der Waals surface area contributed by atoms with E-state index in [2.05, 4.69) is 21.2 Å². The van der Waals surface area contributed by atoms with E-state index in [4.69, 9.17) is 16.3 Å². The van der Waals surface area contributed by atoms with Gasteiger partial charge in [0.25, 0.3) is 5.91 Å². The summed E-state index contributed by atoms with van der Waals surface area (Å²) >= 11 is 6.01. The molecule has 3 N–H and O–H groups in total. The first-order chi connectivity index (χ1) is 16.0. The van der Waals surface area contributed by atoms with Crippen molar-refractivity contribution in [2.45, 2.75) is 44.6 Å². The Morgan fingerprint density at radius 2 is 1.70 bits per heavy atom. The largest absolute Gasteiger partial charge is 0.484 e. The summed E-state index contributed by atoms with van der Waals surface area (Å²) in [5.41, 5.74) is 3.59. The number of halogens is 1. The molecule has 0 atom stereocenters. The molecular weight excluding hydrogens is 444 g/mol. The van der Waals surface area contributed by atoms with Crippen LogP contribution in [0.2, 0.25) is 5.02 Å². The smallest absolute Gasteiger partial charge is 0.262 e. The second-order valence-electron chi connectivity index (χ2n) is 7.76. The van der Waals surface area contributed by atoms with Crippen molar-refractivity contribution in [1.82, 2.24) is 10.7 Å². The van der Waals surface area contributed by atoms with E-state index in [0.717, 1.165) is 31.2 Å². The average molecular weight is 471 g/mol. The minimum Gasteiger partial charge on any atom is -0.484 e. The maximum atomic E-state index is 12.0. The zero-order valence-electron chi connectivity index (χ0n) is 18.2. The van der Waals surface area contributed by atoms with E-state index < -0.39 is 5.91 Å². The van der Waals surface area contributed by atoms with Gasteiger partial charge in [0.05, 0.1) is 16.9 Å². The molecule has 0 heterocycles. The molecule has 8 nitrogen and oxygen atoms in total. The maximum absolute atomic E-state index is 12.0. The van der Waals surface area contributed by atoms with Gasteiger partial charge in [-0.3, -0.25) is 14.4 Å². The van der Waals surface area contributed by atoms with E-state index in [-0.39, 0.29) is 30.9 Å². The number of rotatable bonds is 9. The lowest BCUT2D eigenvalue weighted by Gasteiger charge is -2.22. The number of hydrazone groups is 1. The molecule has 0 aliphatic heterocycles. The van der Waals surface area contributed by atoms with E-state index in [1.807, 2.05) is 0 Å². The molecule has 0 aromatic heterocycles. The van der Waals surface area contributed by atoms with E-state index in [9.17, 15) is 14.4 Å². The van der Waals surface area contributed by atoms with Crippen molar-refractivity contribution in [1.29, 1.82) is 0 Å². The summed E-state index contributed by atoms with van der Waals surface area (Å²) < 4.78 is 5.47. The molecule has 1 aliphatic rings. The number of carbonyl (C=O) groups is 3. The highest BCUT2D eigenvalue weighted by Crippen LogP contribution is 2.20. The first kappa shape index (κ1) is 24.3. The van der Waals surface area contributed by atoms with Crippen molar-refractivity contribution in [3.63, 3.8) is 0 Å². The van der Waals surface area contributed by atoms with Crippen molar-refractivity contribution >= 4 is 41.2 Å². The summed E-state index contributed by atoms with van der Waals surface area (Å²) in [5.74, 6) is -0.576. The molecule has 174 valence electrons. The fraction of sp³-hybridized carbons (Fsp3) is 0.333. The first-order valence-electron chi connectivity index (χ1n) is 10.9.